The second kappa shape index (κ2) is 22.8. The molecule has 0 radical (unpaired) electrons. The van der Waals surface area contributed by atoms with Gasteiger partial charge in [-0.25, -0.2) is 9.13 Å². The van der Waals surface area contributed by atoms with E-state index in [0.717, 1.165) is 0 Å². The van der Waals surface area contributed by atoms with Gasteiger partial charge in [0, 0.05) is 0 Å². The summed E-state index contributed by atoms with van der Waals surface area (Å²) < 4.78 is 57.6. The monoisotopic (exact) mass is 748 g/mol. The number of primary amides is 4. The molecule has 0 aliphatic heterocycles. The van der Waals surface area contributed by atoms with Crippen molar-refractivity contribution in [1.82, 2.24) is 0 Å². The molecule has 20 nitrogen and oxygen atoms in total. The van der Waals surface area contributed by atoms with Crippen LogP contribution in [0.15, 0.2) is 0 Å². The molecule has 4 atom stereocenters. The Morgan fingerprint density at radius 1 is 0.568 bits per heavy atom. The van der Waals surface area contributed by atoms with Crippen LogP contribution in [0.4, 0.5) is 19.2 Å². The zero-order chi connectivity index (χ0) is 30.0. The molecule has 25 heteroatoms. The Labute approximate surface area is 252 Å². The van der Waals surface area contributed by atoms with E-state index in [0.29, 0.717) is 0 Å². The number of carbonyl (C=O) groups is 4. The molecule has 0 aromatic rings. The zero-order valence-electron chi connectivity index (χ0n) is 20.2. The Kier molecular flexibility index (Phi) is 28.9. The van der Waals surface area contributed by atoms with E-state index in [1.165, 1.54) is 27.7 Å². The molecule has 0 rings (SSSR count). The van der Waals surface area contributed by atoms with Crippen molar-refractivity contribution in [3.63, 3.8) is 0 Å². The molecule has 0 aromatic heterocycles. The van der Waals surface area contributed by atoms with Gasteiger partial charge >= 0.3 is 75.4 Å². The topological polar surface area (TPSA) is 364 Å². The quantitative estimate of drug-likeness (QED) is 0.108. The molecule has 10 N–H and O–H groups in total. The van der Waals surface area contributed by atoms with Crippen LogP contribution in [0.1, 0.15) is 27.7 Å². The normalized spacial score (nSPS) is 16.2. The average molecular weight is 748 g/mol. The second-order valence-electron chi connectivity index (χ2n) is 5.06. The van der Waals surface area contributed by atoms with Crippen LogP contribution in [-0.2, 0) is 36.4 Å². The summed E-state index contributed by atoms with van der Waals surface area (Å²) in [6.45, 7) is 5.75. The third-order valence-corrected chi connectivity index (χ3v) is 6.91. The van der Waals surface area contributed by atoms with Gasteiger partial charge in [-0.3, -0.25) is 28.3 Å². The van der Waals surface area contributed by atoms with Crippen molar-refractivity contribution < 1.29 is 75.1 Å². The molecule has 216 valence electrons. The fourth-order valence-corrected chi connectivity index (χ4v) is 2.83. The SMILES string of the molecule is CCOP(=O)(O)C(N)=O.CCOP(=O)(O)C(N)=O.CCOP(=O)([O-])C(N)=O.CCOP(=O)([O-])C(N)=O.[Ba+2]. The van der Waals surface area contributed by atoms with Gasteiger partial charge in [-0.2, -0.15) is 0 Å². The summed E-state index contributed by atoms with van der Waals surface area (Å²) in [6, 6.07) is 0. The summed E-state index contributed by atoms with van der Waals surface area (Å²) in [4.78, 5) is 77.3. The zero-order valence-corrected chi connectivity index (χ0v) is 28.3. The predicted octanol–water partition coefficient (Wildman–Crippen LogP) is -0.497. The van der Waals surface area contributed by atoms with E-state index in [9.17, 15) is 47.2 Å². The first kappa shape index (κ1) is 46.9. The van der Waals surface area contributed by atoms with Crippen molar-refractivity contribution in [2.45, 2.75) is 27.7 Å². The molecule has 0 bridgehead atoms. The molecule has 37 heavy (non-hydrogen) atoms. The first-order valence-electron chi connectivity index (χ1n) is 9.07. The van der Waals surface area contributed by atoms with E-state index in [4.69, 9.17) is 9.79 Å². The Morgan fingerprint density at radius 3 is 0.811 bits per heavy atom. The molecule has 0 aliphatic rings. The standard InChI is InChI=1S/4C3H8NO4P.Ba/c4*1-2-8-9(6,7)3(4)5;/h4*2H2,1H3,(H2,4,5)(H,6,7);/q;;;;+2/p-2. The smallest absolute Gasteiger partial charge is 0.772 e. The van der Waals surface area contributed by atoms with Gasteiger partial charge in [-0.15, -0.1) is 0 Å². The molecule has 0 aromatic carbocycles. The molecular formula is C12H30BaN4O16P4. The van der Waals surface area contributed by atoms with Crippen LogP contribution in [0.5, 0.6) is 0 Å². The Hall–Kier alpha value is 0.0514. The molecule has 0 aliphatic carbocycles. The fourth-order valence-electron chi connectivity index (χ4n) is 0.944. The van der Waals surface area contributed by atoms with Gasteiger partial charge < -0.3 is 60.6 Å². The average Bonchev–Trinajstić information content (AvgIpc) is 2.69. The maximum atomic E-state index is 10.4. The molecular weight excluding hydrogens is 717 g/mol. The molecule has 0 spiro atoms. The van der Waals surface area contributed by atoms with Gasteiger partial charge in [0.15, 0.2) is 0 Å². The van der Waals surface area contributed by atoms with E-state index in [1.54, 1.807) is 0 Å². The largest absolute Gasteiger partial charge is 2.00 e. The number of nitrogens with two attached hydrogens (primary N) is 4. The minimum absolute atomic E-state index is 0. The van der Waals surface area contributed by atoms with Crippen molar-refractivity contribution >= 4 is 102 Å². The predicted molar refractivity (Wildman–Crippen MR) is 125 cm³/mol. The van der Waals surface area contributed by atoms with E-state index in [-0.39, 0.29) is 75.3 Å². The summed E-state index contributed by atoms with van der Waals surface area (Å²) in [7, 11) is -17.0. The number of hydrogen-bond acceptors (Lipinski definition) is 14. The van der Waals surface area contributed by atoms with Crippen LogP contribution in [-0.4, -0.2) is 108 Å². The first-order valence-corrected chi connectivity index (χ1v) is 15.3. The molecule has 0 heterocycles. The van der Waals surface area contributed by atoms with Crippen molar-refractivity contribution in [3.05, 3.63) is 0 Å². The Bertz CT molecular complexity index is 774. The van der Waals surface area contributed by atoms with Gasteiger partial charge in [0.05, 0.1) is 26.4 Å². The van der Waals surface area contributed by atoms with Gasteiger partial charge in [-0.1, -0.05) is 0 Å². The van der Waals surface area contributed by atoms with Gasteiger partial charge in [0.2, 0.25) is 15.2 Å². The van der Waals surface area contributed by atoms with E-state index in [2.05, 4.69) is 41.0 Å². The minimum Gasteiger partial charge on any atom is -0.772 e. The summed E-state index contributed by atoms with van der Waals surface area (Å²) in [5, 5.41) is 0. The van der Waals surface area contributed by atoms with E-state index < -0.39 is 53.0 Å². The van der Waals surface area contributed by atoms with Crippen LogP contribution in [0.2, 0.25) is 0 Å². The van der Waals surface area contributed by atoms with Crippen LogP contribution < -0.4 is 32.7 Å². The number of carbonyl (C=O) groups excluding carboxylic acids is 4. The summed E-state index contributed by atoms with van der Waals surface area (Å²) in [6.07, 6.45) is 0. The summed E-state index contributed by atoms with van der Waals surface area (Å²) in [5.74, 6) is 0. The second-order valence-corrected chi connectivity index (χ2v) is 11.9. The molecule has 0 fully saturated rings. The van der Waals surface area contributed by atoms with Crippen LogP contribution in [0, 0.1) is 0 Å². The Morgan fingerprint density at radius 2 is 0.757 bits per heavy atom. The van der Waals surface area contributed by atoms with Gasteiger partial charge in [0.25, 0.3) is 11.3 Å². The first-order chi connectivity index (χ1) is 16.0. The van der Waals surface area contributed by atoms with E-state index in [1.807, 2.05) is 0 Å². The van der Waals surface area contributed by atoms with Gasteiger partial charge in [0.1, 0.15) is 0 Å². The summed E-state index contributed by atoms with van der Waals surface area (Å²) >= 11 is 0. The number of amides is 4. The van der Waals surface area contributed by atoms with Crippen molar-refractivity contribution in [2.75, 3.05) is 26.4 Å². The van der Waals surface area contributed by atoms with E-state index >= 15 is 0 Å². The molecule has 0 saturated carbocycles. The molecule has 4 amide bonds. The van der Waals surface area contributed by atoms with Crippen molar-refractivity contribution in [1.29, 1.82) is 0 Å². The Balaban J connectivity index is -0.000000122. The minimum atomic E-state index is -4.38. The third kappa shape index (κ3) is 26.1. The fraction of sp³-hybridized carbons (Fsp3) is 0.667. The van der Waals surface area contributed by atoms with Gasteiger partial charge in [-0.05, 0) is 27.7 Å². The summed E-state index contributed by atoms with van der Waals surface area (Å²) in [5.41, 5.74) is 12.3. The van der Waals surface area contributed by atoms with Crippen LogP contribution >= 0.6 is 30.4 Å². The number of rotatable bonds is 12. The number of hydrogen-bond donors (Lipinski definition) is 6. The molecule has 0 saturated heterocycles. The molecule has 4 unspecified atom stereocenters. The van der Waals surface area contributed by atoms with Crippen molar-refractivity contribution in [3.8, 4) is 0 Å². The van der Waals surface area contributed by atoms with Crippen LogP contribution in [0.25, 0.3) is 0 Å². The third-order valence-electron chi connectivity index (χ3n) is 2.30. The van der Waals surface area contributed by atoms with Crippen LogP contribution in [0.3, 0.4) is 0 Å². The maximum absolute atomic E-state index is 10.4. The maximum Gasteiger partial charge on any atom is 2.00 e. The van der Waals surface area contributed by atoms with Crippen molar-refractivity contribution in [2.24, 2.45) is 22.9 Å².